The molecule has 5 heteroatoms. The lowest BCUT2D eigenvalue weighted by Gasteiger charge is -2.23. The van der Waals surface area contributed by atoms with E-state index in [2.05, 4.69) is 73.8 Å². The van der Waals surface area contributed by atoms with Crippen molar-refractivity contribution in [3.63, 3.8) is 0 Å². The summed E-state index contributed by atoms with van der Waals surface area (Å²) >= 11 is 0. The number of imidazole rings is 1. The number of para-hydroxylation sites is 1. The minimum atomic E-state index is 0.674. The molecule has 1 aliphatic heterocycles. The molecular formula is C21H25N5. The molecule has 4 rings (SSSR count). The van der Waals surface area contributed by atoms with Crippen molar-refractivity contribution < 1.29 is 0 Å². The van der Waals surface area contributed by atoms with E-state index in [1.807, 2.05) is 18.7 Å². The van der Waals surface area contributed by atoms with E-state index in [0.29, 0.717) is 5.92 Å². The highest BCUT2D eigenvalue weighted by Crippen LogP contribution is 2.25. The molecule has 0 unspecified atom stereocenters. The van der Waals surface area contributed by atoms with Gasteiger partial charge in [-0.05, 0) is 36.1 Å². The van der Waals surface area contributed by atoms with Gasteiger partial charge in [0.05, 0.1) is 6.33 Å². The molecular weight excluding hydrogens is 322 g/mol. The number of nitrogens with zero attached hydrogens (tertiary/aromatic N) is 5. The topological polar surface area (TPSA) is 37.2 Å². The number of anilines is 2. The van der Waals surface area contributed by atoms with Crippen LogP contribution in [0.25, 0.3) is 0 Å². The summed E-state index contributed by atoms with van der Waals surface area (Å²) in [7, 11) is 2.14. The van der Waals surface area contributed by atoms with Gasteiger partial charge in [0.1, 0.15) is 5.82 Å². The normalized spacial score (nSPS) is 16.8. The minimum absolute atomic E-state index is 0.674. The lowest BCUT2D eigenvalue weighted by molar-refractivity contribution is 0.581. The number of aromatic nitrogens is 3. The van der Waals surface area contributed by atoms with Crippen molar-refractivity contribution >= 4 is 11.5 Å². The zero-order valence-electron chi connectivity index (χ0n) is 15.2. The molecule has 1 atom stereocenters. The molecule has 1 aromatic carbocycles. The van der Waals surface area contributed by atoms with Crippen LogP contribution in [0, 0.1) is 5.92 Å². The predicted octanol–water partition coefficient (Wildman–Crippen LogP) is 3.29. The Morgan fingerprint density at radius 3 is 2.77 bits per heavy atom. The van der Waals surface area contributed by atoms with Gasteiger partial charge in [-0.1, -0.05) is 24.3 Å². The van der Waals surface area contributed by atoms with Crippen LogP contribution < -0.4 is 9.80 Å². The molecule has 0 N–H and O–H groups in total. The Kier molecular flexibility index (Phi) is 4.86. The van der Waals surface area contributed by atoms with E-state index in [1.54, 1.807) is 6.20 Å². The zero-order valence-corrected chi connectivity index (χ0v) is 15.2. The number of hydrogen-bond acceptors (Lipinski definition) is 4. The summed E-state index contributed by atoms with van der Waals surface area (Å²) in [5.74, 6) is 1.71. The number of rotatable bonds is 6. The first-order valence-electron chi connectivity index (χ1n) is 9.20. The second kappa shape index (κ2) is 7.60. The standard InChI is InChI=1S/C21H25N5/c1-24(14-19-9-11-26(16-19)20-5-3-2-4-6-20)21-8-7-18(13-23-21)15-25-12-10-22-17-25/h2-8,10,12-13,17,19H,9,11,14-16H2,1H3/t19-/m1/s1. The second-order valence-corrected chi connectivity index (χ2v) is 7.08. The molecule has 3 heterocycles. The molecule has 26 heavy (non-hydrogen) atoms. The Bertz CT molecular complexity index is 798. The fourth-order valence-electron chi connectivity index (χ4n) is 3.66. The number of benzene rings is 1. The first-order chi connectivity index (χ1) is 12.8. The highest BCUT2D eigenvalue weighted by molar-refractivity contribution is 5.47. The van der Waals surface area contributed by atoms with Gasteiger partial charge < -0.3 is 14.4 Å². The summed E-state index contributed by atoms with van der Waals surface area (Å²) in [6.45, 7) is 4.11. The van der Waals surface area contributed by atoms with E-state index >= 15 is 0 Å². The summed E-state index contributed by atoms with van der Waals surface area (Å²) in [6.07, 6.45) is 8.81. The number of pyridine rings is 1. The van der Waals surface area contributed by atoms with Crippen LogP contribution in [0.5, 0.6) is 0 Å². The molecule has 5 nitrogen and oxygen atoms in total. The van der Waals surface area contributed by atoms with Crippen molar-refractivity contribution in [3.8, 4) is 0 Å². The van der Waals surface area contributed by atoms with Gasteiger partial charge in [0.25, 0.3) is 0 Å². The average Bonchev–Trinajstić information content (AvgIpc) is 3.35. The van der Waals surface area contributed by atoms with Crippen LogP contribution in [0.4, 0.5) is 11.5 Å². The molecule has 0 aliphatic carbocycles. The van der Waals surface area contributed by atoms with Gasteiger partial charge in [0.2, 0.25) is 0 Å². The monoisotopic (exact) mass is 347 g/mol. The van der Waals surface area contributed by atoms with Crippen LogP contribution in [0.1, 0.15) is 12.0 Å². The molecule has 2 aromatic heterocycles. The fourth-order valence-corrected chi connectivity index (χ4v) is 3.66. The lowest BCUT2D eigenvalue weighted by atomic mass is 10.1. The van der Waals surface area contributed by atoms with Crippen LogP contribution in [0.3, 0.4) is 0 Å². The van der Waals surface area contributed by atoms with Crippen molar-refractivity contribution in [1.82, 2.24) is 14.5 Å². The van der Waals surface area contributed by atoms with Crippen molar-refractivity contribution in [2.24, 2.45) is 5.92 Å². The van der Waals surface area contributed by atoms with E-state index < -0.39 is 0 Å². The van der Waals surface area contributed by atoms with Crippen molar-refractivity contribution in [2.45, 2.75) is 13.0 Å². The fraction of sp³-hybridized carbons (Fsp3) is 0.333. The minimum Gasteiger partial charge on any atom is -0.371 e. The van der Waals surface area contributed by atoms with E-state index in [1.165, 1.54) is 17.7 Å². The van der Waals surface area contributed by atoms with Crippen LogP contribution in [0.2, 0.25) is 0 Å². The van der Waals surface area contributed by atoms with E-state index in [0.717, 1.165) is 32.0 Å². The molecule has 1 saturated heterocycles. The van der Waals surface area contributed by atoms with Crippen LogP contribution in [-0.2, 0) is 6.54 Å². The van der Waals surface area contributed by atoms with Crippen LogP contribution in [-0.4, -0.2) is 41.2 Å². The molecule has 134 valence electrons. The predicted molar refractivity (Wildman–Crippen MR) is 106 cm³/mol. The van der Waals surface area contributed by atoms with E-state index in [9.17, 15) is 0 Å². The summed E-state index contributed by atoms with van der Waals surface area (Å²) in [5, 5.41) is 0. The van der Waals surface area contributed by atoms with E-state index in [-0.39, 0.29) is 0 Å². The molecule has 0 spiro atoms. The maximum atomic E-state index is 4.66. The van der Waals surface area contributed by atoms with Gasteiger partial charge in [-0.2, -0.15) is 0 Å². The largest absolute Gasteiger partial charge is 0.371 e. The summed E-state index contributed by atoms with van der Waals surface area (Å²) in [6, 6.07) is 15.0. The van der Waals surface area contributed by atoms with Crippen LogP contribution in [0.15, 0.2) is 67.4 Å². The smallest absolute Gasteiger partial charge is 0.128 e. The maximum Gasteiger partial charge on any atom is 0.128 e. The third-order valence-corrected chi connectivity index (χ3v) is 5.06. The van der Waals surface area contributed by atoms with E-state index in [4.69, 9.17) is 0 Å². The molecule has 3 aromatic rings. The second-order valence-electron chi connectivity index (χ2n) is 7.08. The Morgan fingerprint density at radius 1 is 1.15 bits per heavy atom. The Morgan fingerprint density at radius 2 is 2.04 bits per heavy atom. The SMILES string of the molecule is CN(C[C@H]1CCN(c2ccccc2)C1)c1ccc(Cn2ccnc2)cn1. The molecule has 0 bridgehead atoms. The maximum absolute atomic E-state index is 4.66. The average molecular weight is 347 g/mol. The van der Waals surface area contributed by atoms with Gasteiger partial charge in [-0.3, -0.25) is 0 Å². The summed E-state index contributed by atoms with van der Waals surface area (Å²) in [5.41, 5.74) is 2.52. The third-order valence-electron chi connectivity index (χ3n) is 5.06. The lowest BCUT2D eigenvalue weighted by Crippen LogP contribution is -2.28. The molecule has 0 saturated carbocycles. The van der Waals surface area contributed by atoms with Gasteiger partial charge in [0.15, 0.2) is 0 Å². The van der Waals surface area contributed by atoms with Crippen molar-refractivity contribution in [2.75, 3.05) is 36.5 Å². The highest BCUT2D eigenvalue weighted by atomic mass is 15.2. The van der Waals surface area contributed by atoms with Gasteiger partial charge in [0, 0.05) is 57.5 Å². The van der Waals surface area contributed by atoms with Gasteiger partial charge in [-0.25, -0.2) is 9.97 Å². The first kappa shape index (κ1) is 16.6. The van der Waals surface area contributed by atoms with Crippen molar-refractivity contribution in [1.29, 1.82) is 0 Å². The Hall–Kier alpha value is -2.82. The van der Waals surface area contributed by atoms with Gasteiger partial charge in [-0.15, -0.1) is 0 Å². The Balaban J connectivity index is 1.32. The molecule has 0 radical (unpaired) electrons. The van der Waals surface area contributed by atoms with Gasteiger partial charge >= 0.3 is 0 Å². The van der Waals surface area contributed by atoms with Crippen LogP contribution >= 0.6 is 0 Å². The molecule has 1 fully saturated rings. The quantitative estimate of drug-likeness (QED) is 0.686. The summed E-state index contributed by atoms with van der Waals surface area (Å²) < 4.78 is 2.05. The highest BCUT2D eigenvalue weighted by Gasteiger charge is 2.24. The summed E-state index contributed by atoms with van der Waals surface area (Å²) in [4.78, 5) is 13.5. The first-order valence-corrected chi connectivity index (χ1v) is 9.20. The zero-order chi connectivity index (χ0) is 17.8. The van der Waals surface area contributed by atoms with Crippen molar-refractivity contribution in [3.05, 3.63) is 72.9 Å². The molecule has 0 amide bonds. The Labute approximate surface area is 154 Å². The number of hydrogen-bond donors (Lipinski definition) is 0. The molecule has 1 aliphatic rings. The third kappa shape index (κ3) is 3.87.